The molecule has 5 heteroatoms. The highest BCUT2D eigenvalue weighted by molar-refractivity contribution is 9.10. The van der Waals surface area contributed by atoms with Gasteiger partial charge in [0.2, 0.25) is 0 Å². The van der Waals surface area contributed by atoms with Crippen molar-refractivity contribution in [1.29, 1.82) is 0 Å². The van der Waals surface area contributed by atoms with E-state index in [1.807, 2.05) is 30.5 Å². The van der Waals surface area contributed by atoms with E-state index in [0.717, 1.165) is 25.5 Å². The molecule has 2 aromatic rings. The first-order chi connectivity index (χ1) is 8.11. The van der Waals surface area contributed by atoms with Crippen LogP contribution in [0.1, 0.15) is 22.0 Å². The third-order valence-electron chi connectivity index (χ3n) is 2.47. The fourth-order valence-corrected chi connectivity index (χ4v) is 3.75. The van der Waals surface area contributed by atoms with E-state index in [2.05, 4.69) is 27.4 Å². The van der Waals surface area contributed by atoms with Crippen LogP contribution in [-0.4, -0.2) is 0 Å². The van der Waals surface area contributed by atoms with Crippen LogP contribution >= 0.6 is 38.9 Å². The maximum Gasteiger partial charge on any atom is 0.0814 e. The molecule has 1 aromatic carbocycles. The third-order valence-corrected chi connectivity index (χ3v) is 4.63. The summed E-state index contributed by atoms with van der Waals surface area (Å²) >= 11 is 11.3. The standard InChI is InChI=1S/C12H12BrClN2S/c1-7-4-8(6-9(14)5-7)11(16-15)12-10(13)2-3-17-12/h2-6,11,16H,15H2,1H3. The molecule has 2 rings (SSSR count). The molecular formula is C12H12BrClN2S. The number of benzene rings is 1. The molecule has 0 amide bonds. The Bertz CT molecular complexity index is 507. The van der Waals surface area contributed by atoms with E-state index in [4.69, 9.17) is 17.4 Å². The Labute approximate surface area is 118 Å². The van der Waals surface area contributed by atoms with Crippen molar-refractivity contribution >= 4 is 38.9 Å². The van der Waals surface area contributed by atoms with E-state index >= 15 is 0 Å². The van der Waals surface area contributed by atoms with E-state index in [9.17, 15) is 0 Å². The summed E-state index contributed by atoms with van der Waals surface area (Å²) in [5.74, 6) is 5.66. The van der Waals surface area contributed by atoms with Gasteiger partial charge >= 0.3 is 0 Å². The van der Waals surface area contributed by atoms with Crippen molar-refractivity contribution in [1.82, 2.24) is 5.43 Å². The van der Waals surface area contributed by atoms with Crippen LogP contribution in [-0.2, 0) is 0 Å². The number of halogens is 2. The summed E-state index contributed by atoms with van der Waals surface area (Å²) in [6, 6.07) is 7.93. The summed E-state index contributed by atoms with van der Waals surface area (Å²) in [7, 11) is 0. The molecule has 17 heavy (non-hydrogen) atoms. The van der Waals surface area contributed by atoms with Crippen molar-refractivity contribution in [3.63, 3.8) is 0 Å². The van der Waals surface area contributed by atoms with Gasteiger partial charge in [-0.15, -0.1) is 11.3 Å². The minimum absolute atomic E-state index is 0.0400. The number of hydrazine groups is 1. The zero-order valence-corrected chi connectivity index (χ0v) is 12.4. The van der Waals surface area contributed by atoms with Crippen molar-refractivity contribution in [3.8, 4) is 0 Å². The van der Waals surface area contributed by atoms with Gasteiger partial charge < -0.3 is 0 Å². The van der Waals surface area contributed by atoms with E-state index in [1.165, 1.54) is 0 Å². The Morgan fingerprint density at radius 3 is 2.71 bits per heavy atom. The smallest absolute Gasteiger partial charge is 0.0814 e. The Morgan fingerprint density at radius 2 is 2.18 bits per heavy atom. The lowest BCUT2D eigenvalue weighted by Crippen LogP contribution is -2.28. The fraction of sp³-hybridized carbons (Fsp3) is 0.167. The number of hydrogen-bond donors (Lipinski definition) is 2. The minimum Gasteiger partial charge on any atom is -0.271 e. The first kappa shape index (κ1) is 13.1. The molecule has 2 nitrogen and oxygen atoms in total. The largest absolute Gasteiger partial charge is 0.271 e. The van der Waals surface area contributed by atoms with Gasteiger partial charge in [0.15, 0.2) is 0 Å². The zero-order valence-electron chi connectivity index (χ0n) is 9.21. The van der Waals surface area contributed by atoms with E-state index in [0.29, 0.717) is 0 Å². The molecule has 0 radical (unpaired) electrons. The number of aryl methyl sites for hydroxylation is 1. The van der Waals surface area contributed by atoms with Gasteiger partial charge in [-0.3, -0.25) is 5.84 Å². The van der Waals surface area contributed by atoms with Crippen molar-refractivity contribution in [3.05, 3.63) is 55.1 Å². The molecule has 0 saturated heterocycles. The molecule has 1 aromatic heterocycles. The normalized spacial score (nSPS) is 12.7. The third kappa shape index (κ3) is 2.89. The van der Waals surface area contributed by atoms with Gasteiger partial charge in [0.05, 0.1) is 6.04 Å². The number of hydrogen-bond acceptors (Lipinski definition) is 3. The van der Waals surface area contributed by atoms with Crippen LogP contribution in [0.5, 0.6) is 0 Å². The lowest BCUT2D eigenvalue weighted by Gasteiger charge is -2.16. The van der Waals surface area contributed by atoms with Crippen LogP contribution in [0, 0.1) is 6.92 Å². The van der Waals surface area contributed by atoms with Gasteiger partial charge in [0.1, 0.15) is 0 Å². The van der Waals surface area contributed by atoms with Crippen LogP contribution in [0.3, 0.4) is 0 Å². The average molecular weight is 332 g/mol. The predicted octanol–water partition coefficient (Wildman–Crippen LogP) is 4.03. The zero-order chi connectivity index (χ0) is 12.4. The van der Waals surface area contributed by atoms with Crippen LogP contribution < -0.4 is 11.3 Å². The van der Waals surface area contributed by atoms with E-state index in [-0.39, 0.29) is 6.04 Å². The van der Waals surface area contributed by atoms with Gasteiger partial charge in [0, 0.05) is 14.4 Å². The maximum absolute atomic E-state index is 6.08. The van der Waals surface area contributed by atoms with Crippen molar-refractivity contribution in [2.75, 3.05) is 0 Å². The summed E-state index contributed by atoms with van der Waals surface area (Å²) in [6.45, 7) is 2.02. The van der Waals surface area contributed by atoms with Crippen LogP contribution in [0.2, 0.25) is 5.02 Å². The molecule has 3 N–H and O–H groups in total. The Balaban J connectivity index is 2.45. The summed E-state index contributed by atoms with van der Waals surface area (Å²) in [5.41, 5.74) is 5.03. The Kier molecular flexibility index (Phi) is 4.22. The van der Waals surface area contributed by atoms with Gasteiger partial charge in [-0.1, -0.05) is 17.7 Å². The highest BCUT2D eigenvalue weighted by Gasteiger charge is 2.17. The van der Waals surface area contributed by atoms with Crippen molar-refractivity contribution in [2.45, 2.75) is 13.0 Å². The second kappa shape index (κ2) is 5.50. The van der Waals surface area contributed by atoms with Gasteiger partial charge in [-0.25, -0.2) is 5.43 Å². The number of thiophene rings is 1. The molecule has 90 valence electrons. The molecule has 0 fully saturated rings. The molecule has 0 aliphatic rings. The van der Waals surface area contributed by atoms with Crippen LogP contribution in [0.15, 0.2) is 34.1 Å². The number of nitrogens with two attached hydrogens (primary N) is 1. The summed E-state index contributed by atoms with van der Waals surface area (Å²) in [4.78, 5) is 1.15. The Morgan fingerprint density at radius 1 is 1.41 bits per heavy atom. The molecule has 0 aliphatic carbocycles. The highest BCUT2D eigenvalue weighted by Crippen LogP contribution is 2.33. The molecule has 0 aliphatic heterocycles. The molecule has 0 saturated carbocycles. The monoisotopic (exact) mass is 330 g/mol. The molecule has 1 heterocycles. The molecule has 1 atom stereocenters. The van der Waals surface area contributed by atoms with Crippen LogP contribution in [0.4, 0.5) is 0 Å². The predicted molar refractivity (Wildman–Crippen MR) is 77.4 cm³/mol. The fourth-order valence-electron chi connectivity index (χ4n) is 1.77. The van der Waals surface area contributed by atoms with E-state index < -0.39 is 0 Å². The SMILES string of the molecule is Cc1cc(Cl)cc(C(NN)c2sccc2Br)c1. The maximum atomic E-state index is 6.08. The van der Waals surface area contributed by atoms with E-state index in [1.54, 1.807) is 11.3 Å². The average Bonchev–Trinajstić information content (AvgIpc) is 2.65. The second-order valence-electron chi connectivity index (χ2n) is 3.79. The van der Waals surface area contributed by atoms with Gasteiger partial charge in [-0.05, 0) is 57.6 Å². The highest BCUT2D eigenvalue weighted by atomic mass is 79.9. The van der Waals surface area contributed by atoms with Crippen LogP contribution in [0.25, 0.3) is 0 Å². The first-order valence-electron chi connectivity index (χ1n) is 5.08. The first-order valence-corrected chi connectivity index (χ1v) is 7.13. The second-order valence-corrected chi connectivity index (χ2v) is 6.03. The quantitative estimate of drug-likeness (QED) is 0.658. The van der Waals surface area contributed by atoms with Crippen molar-refractivity contribution in [2.24, 2.45) is 5.84 Å². The lowest BCUT2D eigenvalue weighted by atomic mass is 10.0. The summed E-state index contributed by atoms with van der Waals surface area (Å²) < 4.78 is 1.06. The topological polar surface area (TPSA) is 38.0 Å². The van der Waals surface area contributed by atoms with Crippen molar-refractivity contribution < 1.29 is 0 Å². The Hall–Kier alpha value is -0.390. The molecular weight excluding hydrogens is 320 g/mol. The molecule has 1 unspecified atom stereocenters. The van der Waals surface area contributed by atoms with Gasteiger partial charge in [0.25, 0.3) is 0 Å². The van der Waals surface area contributed by atoms with Gasteiger partial charge in [-0.2, -0.15) is 0 Å². The number of rotatable bonds is 3. The number of nitrogens with one attached hydrogen (secondary N) is 1. The molecule has 0 spiro atoms. The summed E-state index contributed by atoms with van der Waals surface area (Å²) in [6.07, 6.45) is 0. The summed E-state index contributed by atoms with van der Waals surface area (Å²) in [5, 5.41) is 2.76. The molecule has 0 bridgehead atoms. The lowest BCUT2D eigenvalue weighted by molar-refractivity contribution is 0.644. The minimum atomic E-state index is -0.0400.